The Balaban J connectivity index is 1.67. The summed E-state index contributed by atoms with van der Waals surface area (Å²) >= 11 is 0. The molecule has 2 aromatic rings. The third-order valence-electron chi connectivity index (χ3n) is 5.91. The fourth-order valence-electron chi connectivity index (χ4n) is 4.03. The van der Waals surface area contributed by atoms with E-state index in [1.54, 1.807) is 41.5 Å². The number of oxime groups is 1. The first-order valence-corrected chi connectivity index (χ1v) is 13.5. The van der Waals surface area contributed by atoms with Gasteiger partial charge in [-0.15, -0.1) is 0 Å². The van der Waals surface area contributed by atoms with Gasteiger partial charge in [-0.1, -0.05) is 65.8 Å². The summed E-state index contributed by atoms with van der Waals surface area (Å²) in [5.74, 6) is -0.499. The minimum Gasteiger partial charge on any atom is -0.457 e. The minimum absolute atomic E-state index is 0.0220. The number of carbonyl (C=O) groups is 3. The van der Waals surface area contributed by atoms with Gasteiger partial charge in [-0.05, 0) is 65.5 Å². The molecule has 1 aliphatic heterocycles. The number of esters is 1. The molecule has 1 atom stereocenters. The number of rotatable bonds is 9. The van der Waals surface area contributed by atoms with Crippen molar-refractivity contribution < 1.29 is 33.4 Å². The average Bonchev–Trinajstić information content (AvgIpc) is 3.32. The summed E-state index contributed by atoms with van der Waals surface area (Å²) in [4.78, 5) is 45.8. The molecule has 0 bridgehead atoms. The topological polar surface area (TPSA) is 104 Å². The van der Waals surface area contributed by atoms with Gasteiger partial charge in [0.1, 0.15) is 17.8 Å². The number of hydrogen-bond donors (Lipinski definition) is 0. The molecular weight excluding hydrogens is 512 g/mol. The highest BCUT2D eigenvalue weighted by Crippen LogP contribution is 2.34. The summed E-state index contributed by atoms with van der Waals surface area (Å²) < 4.78 is 16.5. The quantitative estimate of drug-likeness (QED) is 0.195. The number of ether oxygens (including phenoxy) is 3. The predicted octanol–water partition coefficient (Wildman–Crippen LogP) is 6.64. The number of unbranched alkanes of at least 4 members (excludes halogenated alkanes) is 1. The van der Waals surface area contributed by atoms with Crippen LogP contribution in [-0.2, 0) is 30.4 Å². The lowest BCUT2D eigenvalue weighted by molar-refractivity contribution is -0.182. The Bertz CT molecular complexity index is 1180. The van der Waals surface area contributed by atoms with E-state index >= 15 is 0 Å². The molecule has 0 aromatic heterocycles. The Labute approximate surface area is 236 Å². The van der Waals surface area contributed by atoms with Crippen LogP contribution in [0.5, 0.6) is 0 Å². The fourth-order valence-corrected chi connectivity index (χ4v) is 4.03. The summed E-state index contributed by atoms with van der Waals surface area (Å²) in [5, 5.41) is 4.23. The first-order chi connectivity index (χ1) is 18.8. The molecule has 40 heavy (non-hydrogen) atoms. The summed E-state index contributed by atoms with van der Waals surface area (Å²) in [6.07, 6.45) is -0.230. The standard InChI is InChI=1S/C31H40N2O7/c1-29(2,3)38-26(34)31(21-25(32-40-31)24-17-11-8-12-18-24)19-13-14-20-33(28(36)39-30(4,5)6)27(35)37-22-23-15-9-7-10-16-23/h7-12,15-18H,13-14,19-22H2,1-6H3/t31-/m0/s1. The number of benzene rings is 2. The molecule has 2 aromatic carbocycles. The monoisotopic (exact) mass is 552 g/mol. The molecule has 0 spiro atoms. The molecule has 2 amide bonds. The van der Waals surface area contributed by atoms with Crippen LogP contribution in [0.3, 0.4) is 0 Å². The molecule has 0 aliphatic carbocycles. The Hall–Kier alpha value is -3.88. The van der Waals surface area contributed by atoms with Crippen molar-refractivity contribution in [2.75, 3.05) is 6.54 Å². The fraction of sp³-hybridized carbons (Fsp3) is 0.484. The van der Waals surface area contributed by atoms with Crippen LogP contribution >= 0.6 is 0 Å². The van der Waals surface area contributed by atoms with Gasteiger partial charge in [0.05, 0.1) is 5.71 Å². The Kier molecular flexibility index (Phi) is 9.95. The minimum atomic E-state index is -1.30. The smallest absolute Gasteiger partial charge is 0.419 e. The largest absolute Gasteiger partial charge is 0.457 e. The van der Waals surface area contributed by atoms with E-state index in [-0.39, 0.29) is 26.0 Å². The first-order valence-electron chi connectivity index (χ1n) is 13.5. The highest BCUT2D eigenvalue weighted by atomic mass is 16.7. The van der Waals surface area contributed by atoms with E-state index in [1.807, 2.05) is 60.7 Å². The summed E-state index contributed by atoms with van der Waals surface area (Å²) in [6.45, 7) is 10.6. The number of carbonyl (C=O) groups excluding carboxylic acids is 3. The maximum absolute atomic E-state index is 13.3. The average molecular weight is 553 g/mol. The van der Waals surface area contributed by atoms with Crippen molar-refractivity contribution in [2.24, 2.45) is 5.16 Å². The summed E-state index contributed by atoms with van der Waals surface area (Å²) in [5.41, 5.74) is -0.482. The number of nitrogens with zero attached hydrogens (tertiary/aromatic N) is 2. The van der Waals surface area contributed by atoms with E-state index < -0.39 is 35.0 Å². The van der Waals surface area contributed by atoms with Crippen LogP contribution in [0.15, 0.2) is 65.8 Å². The van der Waals surface area contributed by atoms with Crippen molar-refractivity contribution in [3.05, 3.63) is 71.8 Å². The zero-order valence-electron chi connectivity index (χ0n) is 24.3. The zero-order chi connectivity index (χ0) is 29.4. The van der Waals surface area contributed by atoms with E-state index in [2.05, 4.69) is 5.16 Å². The molecule has 3 rings (SSSR count). The second kappa shape index (κ2) is 13.0. The van der Waals surface area contributed by atoms with Gasteiger partial charge in [0.25, 0.3) is 0 Å². The molecular formula is C31H40N2O7. The second-order valence-electron chi connectivity index (χ2n) is 11.8. The van der Waals surface area contributed by atoms with Gasteiger partial charge in [0.15, 0.2) is 0 Å². The van der Waals surface area contributed by atoms with Crippen LogP contribution in [-0.4, -0.2) is 52.1 Å². The van der Waals surface area contributed by atoms with Crippen LogP contribution in [0.1, 0.15) is 78.4 Å². The van der Waals surface area contributed by atoms with Gasteiger partial charge in [0, 0.05) is 19.4 Å². The molecule has 1 aliphatic rings. The normalized spacial score (nSPS) is 16.9. The molecule has 0 radical (unpaired) electrons. The van der Waals surface area contributed by atoms with Crippen LogP contribution in [0, 0.1) is 0 Å². The summed E-state index contributed by atoms with van der Waals surface area (Å²) in [7, 11) is 0. The van der Waals surface area contributed by atoms with Gasteiger partial charge >= 0.3 is 18.2 Å². The van der Waals surface area contributed by atoms with Gasteiger partial charge < -0.3 is 19.0 Å². The SMILES string of the molecule is CC(C)(C)OC(=O)N(CCCC[C@@]1(C(=O)OC(C)(C)C)CC(c2ccccc2)=NO1)C(=O)OCc1ccccc1. The van der Waals surface area contributed by atoms with Gasteiger partial charge in [0.2, 0.25) is 5.60 Å². The number of imide groups is 1. The Morgan fingerprint density at radius 2 is 1.45 bits per heavy atom. The molecule has 0 N–H and O–H groups in total. The molecule has 1 heterocycles. The van der Waals surface area contributed by atoms with Crippen molar-refractivity contribution in [3.8, 4) is 0 Å². The number of amides is 2. The van der Waals surface area contributed by atoms with Gasteiger partial charge in [-0.2, -0.15) is 0 Å². The highest BCUT2D eigenvalue weighted by Gasteiger charge is 2.49. The maximum Gasteiger partial charge on any atom is 0.419 e. The molecule has 0 unspecified atom stereocenters. The first kappa shape index (κ1) is 30.7. The van der Waals surface area contributed by atoms with E-state index in [0.29, 0.717) is 18.6 Å². The van der Waals surface area contributed by atoms with E-state index in [0.717, 1.165) is 16.0 Å². The Morgan fingerprint density at radius 3 is 2.05 bits per heavy atom. The summed E-state index contributed by atoms with van der Waals surface area (Å²) in [6, 6.07) is 18.7. The van der Waals surface area contributed by atoms with Crippen molar-refractivity contribution in [2.45, 2.75) is 90.6 Å². The van der Waals surface area contributed by atoms with E-state index in [9.17, 15) is 14.4 Å². The zero-order valence-corrected chi connectivity index (χ0v) is 24.3. The molecule has 216 valence electrons. The highest BCUT2D eigenvalue weighted by molar-refractivity contribution is 6.04. The van der Waals surface area contributed by atoms with Crippen molar-refractivity contribution in [1.29, 1.82) is 0 Å². The van der Waals surface area contributed by atoms with Crippen LogP contribution in [0.2, 0.25) is 0 Å². The van der Waals surface area contributed by atoms with Crippen LogP contribution in [0.25, 0.3) is 0 Å². The second-order valence-corrected chi connectivity index (χ2v) is 11.8. The molecule has 0 saturated carbocycles. The lowest BCUT2D eigenvalue weighted by atomic mass is 9.89. The van der Waals surface area contributed by atoms with Crippen LogP contribution < -0.4 is 0 Å². The maximum atomic E-state index is 13.3. The van der Waals surface area contributed by atoms with Crippen molar-refractivity contribution in [3.63, 3.8) is 0 Å². The molecule has 0 fully saturated rings. The Morgan fingerprint density at radius 1 is 0.850 bits per heavy atom. The lowest BCUT2D eigenvalue weighted by Crippen LogP contribution is -2.44. The van der Waals surface area contributed by atoms with Crippen molar-refractivity contribution in [1.82, 2.24) is 4.90 Å². The third-order valence-corrected chi connectivity index (χ3v) is 5.91. The van der Waals surface area contributed by atoms with E-state index in [1.165, 1.54) is 0 Å². The van der Waals surface area contributed by atoms with E-state index in [4.69, 9.17) is 19.0 Å². The predicted molar refractivity (Wildman–Crippen MR) is 151 cm³/mol. The van der Waals surface area contributed by atoms with Crippen molar-refractivity contribution >= 4 is 23.9 Å². The van der Waals surface area contributed by atoms with Gasteiger partial charge in [-0.25, -0.2) is 19.3 Å². The van der Waals surface area contributed by atoms with Gasteiger partial charge in [-0.3, -0.25) is 0 Å². The lowest BCUT2D eigenvalue weighted by Gasteiger charge is -2.29. The molecule has 9 nitrogen and oxygen atoms in total. The van der Waals surface area contributed by atoms with Crippen LogP contribution in [0.4, 0.5) is 9.59 Å². The molecule has 0 saturated heterocycles. The number of hydrogen-bond acceptors (Lipinski definition) is 8. The molecule has 9 heteroatoms. The third kappa shape index (κ3) is 9.10.